The molecule has 64 heavy (non-hydrogen) atoms. The minimum Gasteiger partial charge on any atom is -0.380 e. The minimum absolute atomic E-state index is 0.0218. The van der Waals surface area contributed by atoms with Crippen LogP contribution < -0.4 is 14.9 Å². The number of sulfonamides is 1. The fraction of sp³-hybridized carbons (Fsp3) is 0.553. The first-order valence-electron chi connectivity index (χ1n) is 22.3. The quantitative estimate of drug-likeness (QED) is 0.107. The SMILES string of the molecule is CC1(C)CCC(CN2CCN(c3ccc(C(=O)NS(=O)(=O)c4ccc(N[C@H](CCN5CCOCC5)CSc5ccccc5)c(S(=O)(=O)C(F)(F)F)c4)cc3)CC2)=C(C23CC(C)(C2)C3)C1. The van der Waals surface area contributed by atoms with E-state index in [1.54, 1.807) is 23.3 Å². The standard InChI is InChI=1S/C47H60F3N5O6S3/c1-44(2)17-15-35(40(28-44)46-31-45(3,32-46)33-46)29-54-19-21-55(22-20-54)37-11-9-34(10-12-37)43(56)52-64(59,60)39-13-14-41(42(27-39)63(57,58)47(48,49)50)51-36(16-18-53-23-25-61-26-24-53)30-62-38-7-5-4-6-8-38/h4-14,27,36,51H,15-26,28-33H2,1-3H3,(H,52,56)/t36-,45?,46?/m1/s1. The molecule has 5 fully saturated rings. The number of carbonyl (C=O) groups excluding carboxylic acids is 1. The van der Waals surface area contributed by atoms with Gasteiger partial charge < -0.3 is 15.0 Å². The second kappa shape index (κ2) is 18.2. The van der Waals surface area contributed by atoms with Crippen LogP contribution in [0.2, 0.25) is 0 Å². The number of sulfone groups is 1. The van der Waals surface area contributed by atoms with Crippen molar-refractivity contribution in [1.82, 2.24) is 14.5 Å². The highest BCUT2D eigenvalue weighted by molar-refractivity contribution is 7.99. The maximum atomic E-state index is 14.2. The van der Waals surface area contributed by atoms with Crippen molar-refractivity contribution >= 4 is 48.9 Å². The van der Waals surface area contributed by atoms with Crippen molar-refractivity contribution in [2.45, 2.75) is 92.0 Å². The van der Waals surface area contributed by atoms with E-state index < -0.39 is 52.8 Å². The first-order valence-corrected chi connectivity index (χ1v) is 26.2. The highest BCUT2D eigenvalue weighted by Crippen LogP contribution is 2.77. The zero-order valence-corrected chi connectivity index (χ0v) is 39.3. The topological polar surface area (TPSA) is 128 Å². The Morgan fingerprint density at radius 3 is 2.17 bits per heavy atom. The number of morpholine rings is 1. The number of benzene rings is 3. The number of thioether (sulfide) groups is 1. The number of amides is 1. The monoisotopic (exact) mass is 943 g/mol. The molecule has 1 amide bonds. The van der Waals surface area contributed by atoms with E-state index in [0.29, 0.717) is 67.3 Å². The fourth-order valence-electron chi connectivity index (χ4n) is 10.6. The van der Waals surface area contributed by atoms with E-state index in [9.17, 15) is 34.8 Å². The van der Waals surface area contributed by atoms with Gasteiger partial charge in [0.05, 0.1) is 23.8 Å². The number of rotatable bonds is 16. The van der Waals surface area contributed by atoms with Crippen molar-refractivity contribution in [2.75, 3.05) is 81.5 Å². The van der Waals surface area contributed by atoms with Crippen LogP contribution in [-0.4, -0.2) is 115 Å². The van der Waals surface area contributed by atoms with E-state index in [0.717, 1.165) is 55.4 Å². The Balaban J connectivity index is 0.922. The maximum absolute atomic E-state index is 14.2. The molecule has 2 heterocycles. The number of hydrogen-bond donors (Lipinski definition) is 2. The molecular weight excluding hydrogens is 884 g/mol. The second-order valence-electron chi connectivity index (χ2n) is 19.6. The normalized spacial score (nSPS) is 24.7. The van der Waals surface area contributed by atoms with Gasteiger partial charge in [0.1, 0.15) is 4.90 Å². The summed E-state index contributed by atoms with van der Waals surface area (Å²) in [6.45, 7) is 14.7. The number of allylic oxidation sites excluding steroid dienone is 1. The summed E-state index contributed by atoms with van der Waals surface area (Å²) in [6, 6.07) is 17.9. The third-order valence-corrected chi connectivity index (χ3v) is 18.0. The van der Waals surface area contributed by atoms with E-state index in [2.05, 4.69) is 40.8 Å². The smallest absolute Gasteiger partial charge is 0.380 e. The molecule has 17 heteroatoms. The van der Waals surface area contributed by atoms with Gasteiger partial charge in [-0.25, -0.2) is 21.6 Å². The molecule has 2 bridgehead atoms. The molecule has 0 radical (unpaired) electrons. The summed E-state index contributed by atoms with van der Waals surface area (Å²) in [7, 11) is -10.9. The van der Waals surface area contributed by atoms with Crippen LogP contribution in [0, 0.1) is 16.2 Å². The first kappa shape index (κ1) is 46.9. The van der Waals surface area contributed by atoms with E-state index in [1.807, 2.05) is 35.1 Å². The van der Waals surface area contributed by atoms with Gasteiger partial charge in [0.2, 0.25) is 0 Å². The molecular formula is C47H60F3N5O6S3. The molecule has 11 nitrogen and oxygen atoms in total. The van der Waals surface area contributed by atoms with Crippen LogP contribution >= 0.6 is 11.8 Å². The molecule has 9 rings (SSSR count). The lowest BCUT2D eigenvalue weighted by Gasteiger charge is -2.72. The molecule has 0 aromatic heterocycles. The molecule has 3 aromatic carbocycles. The predicted molar refractivity (Wildman–Crippen MR) is 245 cm³/mol. The van der Waals surface area contributed by atoms with E-state index in [-0.39, 0.29) is 5.56 Å². The summed E-state index contributed by atoms with van der Waals surface area (Å²) in [6.07, 6.45) is 8.07. The van der Waals surface area contributed by atoms with Crippen LogP contribution in [0.5, 0.6) is 0 Å². The molecule has 0 unspecified atom stereocenters. The van der Waals surface area contributed by atoms with Gasteiger partial charge in [-0.3, -0.25) is 14.6 Å². The van der Waals surface area contributed by atoms with Crippen molar-refractivity contribution in [1.29, 1.82) is 0 Å². The lowest BCUT2D eigenvalue weighted by atomic mass is 9.33. The number of nitrogens with zero attached hydrogens (tertiary/aromatic N) is 3. The van der Waals surface area contributed by atoms with Gasteiger partial charge in [0.15, 0.2) is 0 Å². The Bertz CT molecular complexity index is 2410. The number of hydrogen-bond acceptors (Lipinski definition) is 11. The number of anilines is 2. The molecule has 3 saturated carbocycles. The molecule has 348 valence electrons. The number of piperazine rings is 1. The Hall–Kier alpha value is -3.61. The summed E-state index contributed by atoms with van der Waals surface area (Å²) in [5, 5.41) is 3.00. The van der Waals surface area contributed by atoms with Crippen LogP contribution in [0.1, 0.15) is 76.1 Å². The summed E-state index contributed by atoms with van der Waals surface area (Å²) < 4.78 is 103. The van der Waals surface area contributed by atoms with Gasteiger partial charge in [-0.2, -0.15) is 13.2 Å². The van der Waals surface area contributed by atoms with Crippen LogP contribution in [0.3, 0.4) is 0 Å². The third kappa shape index (κ3) is 10.3. The Kier molecular flexibility index (Phi) is 13.4. The van der Waals surface area contributed by atoms with Gasteiger partial charge in [-0.1, -0.05) is 50.1 Å². The van der Waals surface area contributed by atoms with Crippen LogP contribution in [0.15, 0.2) is 98.6 Å². The summed E-state index contributed by atoms with van der Waals surface area (Å²) >= 11 is 1.46. The fourth-order valence-corrected chi connectivity index (χ4v) is 13.6. The predicted octanol–water partition coefficient (Wildman–Crippen LogP) is 8.21. The van der Waals surface area contributed by atoms with E-state index >= 15 is 0 Å². The molecule has 4 aliphatic carbocycles. The van der Waals surface area contributed by atoms with Crippen LogP contribution in [0.4, 0.5) is 24.5 Å². The average Bonchev–Trinajstić information content (AvgIpc) is 3.24. The van der Waals surface area contributed by atoms with Crippen molar-refractivity contribution in [3.8, 4) is 0 Å². The Morgan fingerprint density at radius 2 is 1.53 bits per heavy atom. The molecule has 0 spiro atoms. The number of ether oxygens (including phenoxy) is 1. The largest absolute Gasteiger partial charge is 0.501 e. The molecule has 1 atom stereocenters. The molecule has 2 saturated heterocycles. The third-order valence-electron chi connectivity index (χ3n) is 13.9. The number of halogens is 3. The van der Waals surface area contributed by atoms with Crippen LogP contribution in [0.25, 0.3) is 0 Å². The number of nitrogens with one attached hydrogen (secondary N) is 2. The zero-order valence-electron chi connectivity index (χ0n) is 36.9. The van der Waals surface area contributed by atoms with Crippen molar-refractivity contribution < 1.29 is 39.5 Å². The highest BCUT2D eigenvalue weighted by Gasteiger charge is 2.66. The van der Waals surface area contributed by atoms with Gasteiger partial charge >= 0.3 is 5.51 Å². The van der Waals surface area contributed by atoms with Crippen molar-refractivity contribution in [3.63, 3.8) is 0 Å². The Labute approximate surface area is 380 Å². The van der Waals surface area contributed by atoms with Crippen LogP contribution in [-0.2, 0) is 24.6 Å². The Morgan fingerprint density at radius 1 is 0.859 bits per heavy atom. The van der Waals surface area contributed by atoms with E-state index in [4.69, 9.17) is 4.74 Å². The first-order chi connectivity index (χ1) is 30.2. The van der Waals surface area contributed by atoms with Gasteiger partial charge in [0.25, 0.3) is 25.8 Å². The molecule has 6 aliphatic rings. The lowest BCUT2D eigenvalue weighted by Crippen LogP contribution is -2.61. The average molecular weight is 944 g/mol. The minimum atomic E-state index is -6.04. The molecule has 2 N–H and O–H groups in total. The van der Waals surface area contributed by atoms with Gasteiger partial charge in [-0.15, -0.1) is 11.8 Å². The highest BCUT2D eigenvalue weighted by atomic mass is 32.2. The number of alkyl halides is 3. The summed E-state index contributed by atoms with van der Waals surface area (Å²) in [5.41, 5.74) is -0.444. The van der Waals surface area contributed by atoms with Gasteiger partial charge in [0, 0.05) is 80.3 Å². The van der Waals surface area contributed by atoms with Crippen molar-refractivity contribution in [3.05, 3.63) is 89.5 Å². The molecule has 2 aliphatic heterocycles. The second-order valence-corrected chi connectivity index (χ2v) is 24.3. The van der Waals surface area contributed by atoms with Crippen molar-refractivity contribution in [2.24, 2.45) is 16.2 Å². The van der Waals surface area contributed by atoms with E-state index in [1.165, 1.54) is 62.4 Å². The summed E-state index contributed by atoms with van der Waals surface area (Å²) in [4.78, 5) is 19.2. The maximum Gasteiger partial charge on any atom is 0.501 e. The number of carbonyl (C=O) groups is 1. The molecule has 3 aromatic rings. The lowest BCUT2D eigenvalue weighted by molar-refractivity contribution is -0.167. The zero-order chi connectivity index (χ0) is 45.5. The summed E-state index contributed by atoms with van der Waals surface area (Å²) in [5.74, 6) is -0.624. The van der Waals surface area contributed by atoms with Gasteiger partial charge in [-0.05, 0) is 116 Å².